The Morgan fingerprint density at radius 3 is 2.38 bits per heavy atom. The van der Waals surface area contributed by atoms with E-state index < -0.39 is 0 Å². The highest BCUT2D eigenvalue weighted by Gasteiger charge is 2.41. The van der Waals surface area contributed by atoms with Crippen LogP contribution in [0.3, 0.4) is 0 Å². The Morgan fingerprint density at radius 1 is 0.792 bits per heavy atom. The lowest BCUT2D eigenvalue weighted by Gasteiger charge is -2.32. The van der Waals surface area contributed by atoms with E-state index in [0.717, 1.165) is 51.6 Å². The average Bonchev–Trinajstić information content (AvgIpc) is 2.87. The van der Waals surface area contributed by atoms with Crippen LogP contribution in [-0.4, -0.2) is 64.4 Å². The fraction of sp³-hybridized carbons (Fsp3) is 1.00. The normalized spacial score (nSPS) is 44.9. The summed E-state index contributed by atoms with van der Waals surface area (Å²) in [7, 11) is 0. The highest BCUT2D eigenvalue weighted by atomic mass is 32.2. The molecule has 4 saturated heterocycles. The quantitative estimate of drug-likeness (QED) is 0.801. The molecule has 1 N–H and O–H groups in total. The molecule has 24 heavy (non-hydrogen) atoms. The SMILES string of the molecule is O[C@H]1CC[C@H]2O[C@H]3CCCO[C@@H]3CC[C@@H]2O[C@@H]1CC1SCCCS1. The van der Waals surface area contributed by atoms with Crippen LogP contribution in [0.4, 0.5) is 0 Å². The van der Waals surface area contributed by atoms with Crippen molar-refractivity contribution in [2.24, 2.45) is 0 Å². The van der Waals surface area contributed by atoms with Gasteiger partial charge >= 0.3 is 0 Å². The third-order valence-electron chi connectivity index (χ3n) is 5.73. The Labute approximate surface area is 153 Å². The Hall–Kier alpha value is 0.540. The third kappa shape index (κ3) is 4.26. The summed E-state index contributed by atoms with van der Waals surface area (Å²) >= 11 is 4.07. The zero-order valence-corrected chi connectivity index (χ0v) is 15.9. The van der Waals surface area contributed by atoms with Gasteiger partial charge in [-0.15, -0.1) is 23.5 Å². The number of hydrogen-bond acceptors (Lipinski definition) is 6. The van der Waals surface area contributed by atoms with Crippen molar-refractivity contribution in [3.63, 3.8) is 0 Å². The number of aliphatic hydroxyl groups is 1. The molecule has 138 valence electrons. The van der Waals surface area contributed by atoms with Gasteiger partial charge in [-0.3, -0.25) is 0 Å². The molecule has 4 rings (SSSR count). The van der Waals surface area contributed by atoms with Crippen molar-refractivity contribution in [2.45, 2.75) is 92.6 Å². The standard InChI is InChI=1S/C18H30O4S2/c19-12-4-5-15-16(7-6-13-14(21-15)3-1-8-20-13)22-17(12)11-18-23-9-2-10-24-18/h12-19H,1-11H2/t12-,13+,14-,15+,16-,17+/m0/s1. The van der Waals surface area contributed by atoms with Crippen LogP contribution < -0.4 is 0 Å². The van der Waals surface area contributed by atoms with E-state index in [0.29, 0.717) is 4.58 Å². The number of aliphatic hydroxyl groups excluding tert-OH is 1. The van der Waals surface area contributed by atoms with Gasteiger partial charge in [-0.05, 0) is 62.9 Å². The Kier molecular flexibility index (Phi) is 6.34. The number of ether oxygens (including phenoxy) is 3. The lowest BCUT2D eigenvalue weighted by Crippen LogP contribution is -2.38. The summed E-state index contributed by atoms with van der Waals surface area (Å²) in [6.07, 6.45) is 8.57. The van der Waals surface area contributed by atoms with Crippen LogP contribution in [0.2, 0.25) is 0 Å². The fourth-order valence-corrected chi connectivity index (χ4v) is 7.33. The molecule has 0 amide bonds. The summed E-state index contributed by atoms with van der Waals surface area (Å²) in [5.41, 5.74) is 0. The number of rotatable bonds is 2. The Morgan fingerprint density at radius 2 is 1.50 bits per heavy atom. The van der Waals surface area contributed by atoms with Crippen LogP contribution in [0.25, 0.3) is 0 Å². The molecule has 4 fully saturated rings. The third-order valence-corrected chi connectivity index (χ3v) is 8.72. The molecule has 0 aliphatic carbocycles. The van der Waals surface area contributed by atoms with Gasteiger partial charge in [-0.1, -0.05) is 0 Å². The van der Waals surface area contributed by atoms with Crippen LogP contribution in [0.15, 0.2) is 0 Å². The van der Waals surface area contributed by atoms with E-state index >= 15 is 0 Å². The zero-order valence-electron chi connectivity index (χ0n) is 14.3. The van der Waals surface area contributed by atoms with Crippen LogP contribution >= 0.6 is 23.5 Å². The first-order chi connectivity index (χ1) is 11.8. The summed E-state index contributed by atoms with van der Waals surface area (Å²) in [6, 6.07) is 0. The largest absolute Gasteiger partial charge is 0.390 e. The fourth-order valence-electron chi connectivity index (χ4n) is 4.38. The molecule has 0 aromatic rings. The van der Waals surface area contributed by atoms with Gasteiger partial charge in [-0.2, -0.15) is 0 Å². The van der Waals surface area contributed by atoms with E-state index in [9.17, 15) is 5.11 Å². The molecular formula is C18H30O4S2. The van der Waals surface area contributed by atoms with Crippen molar-refractivity contribution in [1.29, 1.82) is 0 Å². The second kappa shape index (κ2) is 8.49. The van der Waals surface area contributed by atoms with Gasteiger partial charge in [0.2, 0.25) is 0 Å². The van der Waals surface area contributed by atoms with E-state index in [-0.39, 0.29) is 36.6 Å². The highest BCUT2D eigenvalue weighted by Crippen LogP contribution is 2.38. The van der Waals surface area contributed by atoms with E-state index in [1.165, 1.54) is 17.9 Å². The van der Waals surface area contributed by atoms with Crippen molar-refractivity contribution in [2.75, 3.05) is 18.1 Å². The molecule has 6 heteroatoms. The van der Waals surface area contributed by atoms with Crippen molar-refractivity contribution >= 4 is 23.5 Å². The Balaban J connectivity index is 1.40. The van der Waals surface area contributed by atoms with Gasteiger partial charge in [-0.25, -0.2) is 0 Å². The lowest BCUT2D eigenvalue weighted by atomic mass is 10.0. The summed E-state index contributed by atoms with van der Waals surface area (Å²) in [5.74, 6) is 2.49. The van der Waals surface area contributed by atoms with Crippen LogP contribution in [0.5, 0.6) is 0 Å². The molecule has 6 atom stereocenters. The smallest absolute Gasteiger partial charge is 0.0857 e. The number of hydrogen-bond donors (Lipinski definition) is 1. The van der Waals surface area contributed by atoms with Gasteiger partial charge in [0.25, 0.3) is 0 Å². The van der Waals surface area contributed by atoms with Crippen LogP contribution in [0.1, 0.15) is 51.4 Å². The minimum atomic E-state index is -0.345. The van der Waals surface area contributed by atoms with Gasteiger partial charge in [0, 0.05) is 6.61 Å². The van der Waals surface area contributed by atoms with Gasteiger partial charge < -0.3 is 19.3 Å². The molecule has 0 spiro atoms. The molecule has 4 heterocycles. The second-order valence-electron chi connectivity index (χ2n) is 7.46. The number of thioether (sulfide) groups is 2. The van der Waals surface area contributed by atoms with E-state index in [2.05, 4.69) is 0 Å². The van der Waals surface area contributed by atoms with Gasteiger partial charge in [0.05, 0.1) is 41.2 Å². The summed E-state index contributed by atoms with van der Waals surface area (Å²) in [4.78, 5) is 0. The van der Waals surface area contributed by atoms with Gasteiger partial charge in [0.15, 0.2) is 0 Å². The molecule has 0 bridgehead atoms. The molecule has 4 nitrogen and oxygen atoms in total. The van der Waals surface area contributed by atoms with Gasteiger partial charge in [0.1, 0.15) is 0 Å². The second-order valence-corrected chi connectivity index (χ2v) is 10.4. The molecule has 0 saturated carbocycles. The van der Waals surface area contributed by atoms with Crippen LogP contribution in [-0.2, 0) is 14.2 Å². The zero-order chi connectivity index (χ0) is 16.4. The van der Waals surface area contributed by atoms with Crippen molar-refractivity contribution in [3.05, 3.63) is 0 Å². The molecular weight excluding hydrogens is 344 g/mol. The maximum Gasteiger partial charge on any atom is 0.0857 e. The van der Waals surface area contributed by atoms with E-state index in [4.69, 9.17) is 14.2 Å². The highest BCUT2D eigenvalue weighted by molar-refractivity contribution is 8.17. The molecule has 4 aliphatic rings. The first-order valence-corrected chi connectivity index (χ1v) is 11.7. The topological polar surface area (TPSA) is 47.9 Å². The monoisotopic (exact) mass is 374 g/mol. The van der Waals surface area contributed by atoms with Crippen LogP contribution in [0, 0.1) is 0 Å². The maximum absolute atomic E-state index is 10.6. The van der Waals surface area contributed by atoms with E-state index in [1.807, 2.05) is 23.5 Å². The van der Waals surface area contributed by atoms with Crippen molar-refractivity contribution in [1.82, 2.24) is 0 Å². The molecule has 0 aromatic heterocycles. The lowest BCUT2D eigenvalue weighted by molar-refractivity contribution is -0.147. The summed E-state index contributed by atoms with van der Waals surface area (Å²) < 4.78 is 19.4. The first kappa shape index (κ1) is 17.9. The molecule has 0 unspecified atom stereocenters. The molecule has 4 aliphatic heterocycles. The summed E-state index contributed by atoms with van der Waals surface area (Å²) in [6.45, 7) is 0.873. The van der Waals surface area contributed by atoms with Crippen molar-refractivity contribution < 1.29 is 19.3 Å². The minimum absolute atomic E-state index is 0.0345. The predicted octanol–water partition coefficient (Wildman–Crippen LogP) is 3.21. The molecule has 0 radical (unpaired) electrons. The molecule has 0 aromatic carbocycles. The first-order valence-electron chi connectivity index (χ1n) is 9.63. The average molecular weight is 375 g/mol. The predicted molar refractivity (Wildman–Crippen MR) is 98.7 cm³/mol. The Bertz CT molecular complexity index is 404. The number of fused-ring (bicyclic) bond motifs is 2. The summed E-state index contributed by atoms with van der Waals surface area (Å²) in [5, 5.41) is 10.6. The maximum atomic E-state index is 10.6. The minimum Gasteiger partial charge on any atom is -0.390 e. The van der Waals surface area contributed by atoms with Crippen molar-refractivity contribution in [3.8, 4) is 0 Å². The van der Waals surface area contributed by atoms with E-state index in [1.54, 1.807) is 0 Å².